The molecule has 0 saturated heterocycles. The van der Waals surface area contributed by atoms with Gasteiger partial charge in [0.15, 0.2) is 0 Å². The Bertz CT molecular complexity index is 309. The van der Waals surface area contributed by atoms with Crippen LogP contribution in [0.2, 0.25) is 0 Å². The first-order chi connectivity index (χ1) is 5.95. The first-order valence-electron chi connectivity index (χ1n) is 4.37. The molecule has 0 fully saturated rings. The minimum Gasteiger partial charge on any atom is -0.264 e. The highest BCUT2D eigenvalue weighted by molar-refractivity contribution is 5.67. The van der Waals surface area contributed by atoms with Crippen LogP contribution in [-0.4, -0.2) is 17.9 Å². The van der Waals surface area contributed by atoms with E-state index in [-0.39, 0.29) is 5.41 Å². The standard InChI is InChI=1S/C11H16N2/c1-6-9-7-10(11(2,3)4)13(5)12-8-9/h6-7H,1H2,2-5H3. The van der Waals surface area contributed by atoms with Crippen LogP contribution in [0.15, 0.2) is 35.1 Å². The zero-order chi connectivity index (χ0) is 10.1. The lowest BCUT2D eigenvalue weighted by molar-refractivity contribution is 0.321. The molecule has 1 rings (SSSR count). The van der Waals surface area contributed by atoms with E-state index in [1.54, 1.807) is 6.08 Å². The molecule has 0 N–H and O–H groups in total. The number of hydrazone groups is 1. The lowest BCUT2D eigenvalue weighted by Crippen LogP contribution is -2.24. The molecule has 1 aliphatic heterocycles. The highest BCUT2D eigenvalue weighted by Gasteiger charge is 2.22. The van der Waals surface area contributed by atoms with Gasteiger partial charge >= 0.3 is 0 Å². The molecule has 0 saturated carbocycles. The molecular weight excluding hydrogens is 160 g/mol. The summed E-state index contributed by atoms with van der Waals surface area (Å²) in [7, 11) is 1.93. The average Bonchev–Trinajstić information content (AvgIpc) is 2.03. The van der Waals surface area contributed by atoms with Gasteiger partial charge in [0, 0.05) is 29.6 Å². The molecule has 0 aromatic carbocycles. The molecule has 0 unspecified atom stereocenters. The van der Waals surface area contributed by atoms with E-state index in [9.17, 15) is 0 Å². The van der Waals surface area contributed by atoms with Gasteiger partial charge in [-0.2, -0.15) is 0 Å². The van der Waals surface area contributed by atoms with E-state index in [4.69, 9.17) is 0 Å². The van der Waals surface area contributed by atoms with Crippen LogP contribution in [0.1, 0.15) is 20.8 Å². The van der Waals surface area contributed by atoms with Gasteiger partial charge in [-0.15, -0.1) is 5.10 Å². The Balaban J connectivity index is 3.09. The monoisotopic (exact) mass is 176 g/mol. The van der Waals surface area contributed by atoms with Gasteiger partial charge in [0.1, 0.15) is 0 Å². The number of allylic oxidation sites excluding steroid dienone is 4. The molecule has 0 radical (unpaired) electrons. The van der Waals surface area contributed by atoms with Crippen LogP contribution in [0, 0.1) is 5.41 Å². The summed E-state index contributed by atoms with van der Waals surface area (Å²) in [5.41, 5.74) is 2.23. The van der Waals surface area contributed by atoms with Crippen molar-refractivity contribution in [2.75, 3.05) is 7.05 Å². The van der Waals surface area contributed by atoms with Crippen molar-refractivity contribution in [2.45, 2.75) is 20.8 Å². The SMILES string of the molecule is C=CC1=C=NN(C)C(C(C)(C)C)=C1. The smallest absolute Gasteiger partial charge is 0.0438 e. The molecule has 0 atom stereocenters. The van der Waals surface area contributed by atoms with Gasteiger partial charge in [-0.05, 0) is 6.08 Å². The van der Waals surface area contributed by atoms with Crippen molar-refractivity contribution >= 4 is 5.87 Å². The van der Waals surface area contributed by atoms with Crippen molar-refractivity contribution in [3.63, 3.8) is 0 Å². The molecule has 70 valence electrons. The minimum absolute atomic E-state index is 0.106. The number of hydrogen-bond donors (Lipinski definition) is 0. The number of hydrogen-bond acceptors (Lipinski definition) is 2. The van der Waals surface area contributed by atoms with E-state index < -0.39 is 0 Å². The fourth-order valence-electron chi connectivity index (χ4n) is 1.27. The van der Waals surface area contributed by atoms with Crippen LogP contribution in [0.4, 0.5) is 0 Å². The quantitative estimate of drug-likeness (QED) is 0.599. The third-order valence-electron chi connectivity index (χ3n) is 1.96. The van der Waals surface area contributed by atoms with Crippen molar-refractivity contribution in [2.24, 2.45) is 10.5 Å². The first-order valence-corrected chi connectivity index (χ1v) is 4.37. The Morgan fingerprint density at radius 3 is 2.62 bits per heavy atom. The van der Waals surface area contributed by atoms with Crippen molar-refractivity contribution in [3.05, 3.63) is 30.0 Å². The second-order valence-corrected chi connectivity index (χ2v) is 4.17. The van der Waals surface area contributed by atoms with Crippen LogP contribution < -0.4 is 0 Å². The van der Waals surface area contributed by atoms with Gasteiger partial charge in [0.25, 0.3) is 0 Å². The van der Waals surface area contributed by atoms with E-state index in [2.05, 4.69) is 44.4 Å². The summed E-state index contributed by atoms with van der Waals surface area (Å²) in [6, 6.07) is 0. The molecule has 13 heavy (non-hydrogen) atoms. The summed E-state index contributed by atoms with van der Waals surface area (Å²) in [4.78, 5) is 0. The second-order valence-electron chi connectivity index (χ2n) is 4.17. The van der Waals surface area contributed by atoms with Gasteiger partial charge in [0.2, 0.25) is 0 Å². The molecule has 1 aliphatic rings. The lowest BCUT2D eigenvalue weighted by Gasteiger charge is -2.29. The summed E-state index contributed by atoms with van der Waals surface area (Å²) in [6.45, 7) is 10.2. The molecular formula is C11H16N2. The van der Waals surface area contributed by atoms with Gasteiger partial charge in [-0.3, -0.25) is 5.01 Å². The molecule has 2 nitrogen and oxygen atoms in total. The molecule has 0 aromatic heterocycles. The van der Waals surface area contributed by atoms with Gasteiger partial charge in [-0.25, -0.2) is 0 Å². The van der Waals surface area contributed by atoms with Gasteiger partial charge < -0.3 is 0 Å². The van der Waals surface area contributed by atoms with Crippen LogP contribution in [-0.2, 0) is 0 Å². The Hall–Kier alpha value is -1.27. The lowest BCUT2D eigenvalue weighted by atomic mass is 9.90. The summed E-state index contributed by atoms with van der Waals surface area (Å²) in [5.74, 6) is 2.89. The van der Waals surface area contributed by atoms with E-state index in [0.717, 1.165) is 5.57 Å². The maximum absolute atomic E-state index is 4.14. The fourth-order valence-corrected chi connectivity index (χ4v) is 1.27. The third-order valence-corrected chi connectivity index (χ3v) is 1.96. The van der Waals surface area contributed by atoms with Crippen LogP contribution >= 0.6 is 0 Å². The zero-order valence-electron chi connectivity index (χ0n) is 8.76. The maximum Gasteiger partial charge on any atom is 0.0438 e. The molecule has 0 aromatic rings. The Morgan fingerprint density at radius 1 is 1.54 bits per heavy atom. The first kappa shape index (κ1) is 9.82. The molecule has 1 heterocycles. The topological polar surface area (TPSA) is 15.6 Å². The minimum atomic E-state index is 0.106. The highest BCUT2D eigenvalue weighted by atomic mass is 15.4. The highest BCUT2D eigenvalue weighted by Crippen LogP contribution is 2.29. The van der Waals surface area contributed by atoms with Crippen LogP contribution in [0.5, 0.6) is 0 Å². The van der Waals surface area contributed by atoms with Crippen molar-refractivity contribution in [1.29, 1.82) is 0 Å². The normalized spacial score (nSPS) is 16.8. The molecule has 0 bridgehead atoms. The maximum atomic E-state index is 4.14. The van der Waals surface area contributed by atoms with Crippen molar-refractivity contribution < 1.29 is 0 Å². The summed E-state index contributed by atoms with van der Waals surface area (Å²) in [6.07, 6.45) is 3.84. The summed E-state index contributed by atoms with van der Waals surface area (Å²) >= 11 is 0. The van der Waals surface area contributed by atoms with Crippen molar-refractivity contribution in [1.82, 2.24) is 5.01 Å². The molecule has 0 spiro atoms. The fraction of sp³-hybridized carbons (Fsp3) is 0.455. The second kappa shape index (κ2) is 3.23. The average molecular weight is 176 g/mol. The number of nitrogens with zero attached hydrogens (tertiary/aromatic N) is 2. The Kier molecular flexibility index (Phi) is 2.44. The van der Waals surface area contributed by atoms with E-state index >= 15 is 0 Å². The van der Waals surface area contributed by atoms with Crippen LogP contribution in [0.25, 0.3) is 0 Å². The summed E-state index contributed by atoms with van der Waals surface area (Å²) in [5, 5.41) is 5.99. The molecule has 0 aliphatic carbocycles. The van der Waals surface area contributed by atoms with E-state index in [1.807, 2.05) is 12.1 Å². The van der Waals surface area contributed by atoms with E-state index in [1.165, 1.54) is 5.70 Å². The predicted octanol–water partition coefficient (Wildman–Crippen LogP) is 2.56. The predicted molar refractivity (Wildman–Crippen MR) is 56.4 cm³/mol. The zero-order valence-corrected chi connectivity index (χ0v) is 8.76. The number of rotatable bonds is 1. The van der Waals surface area contributed by atoms with Gasteiger partial charge in [-0.1, -0.05) is 33.4 Å². The third kappa shape index (κ3) is 2.10. The van der Waals surface area contributed by atoms with Crippen LogP contribution in [0.3, 0.4) is 0 Å². The Morgan fingerprint density at radius 2 is 2.15 bits per heavy atom. The Labute approximate surface area is 79.9 Å². The van der Waals surface area contributed by atoms with E-state index in [0.29, 0.717) is 0 Å². The van der Waals surface area contributed by atoms with Crippen molar-refractivity contribution in [3.8, 4) is 0 Å². The molecule has 2 heteroatoms. The largest absolute Gasteiger partial charge is 0.264 e. The molecule has 0 amide bonds. The summed E-state index contributed by atoms with van der Waals surface area (Å²) < 4.78 is 0. The van der Waals surface area contributed by atoms with Gasteiger partial charge in [0.05, 0.1) is 0 Å².